The Balaban J connectivity index is 1.85. The number of likely N-dealkylation sites (tertiary alicyclic amines) is 1. The summed E-state index contributed by atoms with van der Waals surface area (Å²) in [5, 5.41) is 2.69. The molecular formula is C20H26N4O2. The van der Waals surface area contributed by atoms with Crippen LogP contribution < -0.4 is 11.1 Å². The molecule has 2 heterocycles. The second-order valence-corrected chi connectivity index (χ2v) is 6.83. The molecule has 3 rings (SSSR count). The van der Waals surface area contributed by atoms with Crippen LogP contribution in [-0.2, 0) is 13.6 Å². The molecule has 1 aliphatic heterocycles. The largest absolute Gasteiger partial charge is 0.366 e. The van der Waals surface area contributed by atoms with Crippen LogP contribution in [0.3, 0.4) is 0 Å². The third kappa shape index (κ3) is 3.65. The third-order valence-electron chi connectivity index (χ3n) is 5.17. The molecule has 1 saturated heterocycles. The van der Waals surface area contributed by atoms with Gasteiger partial charge in [-0.1, -0.05) is 18.6 Å². The molecule has 3 N–H and O–H groups in total. The number of hydrogen-bond acceptors (Lipinski definition) is 3. The fourth-order valence-corrected chi connectivity index (χ4v) is 3.79. The summed E-state index contributed by atoms with van der Waals surface area (Å²) in [6.07, 6.45) is 3.38. The Hall–Kier alpha value is -2.60. The van der Waals surface area contributed by atoms with Crippen molar-refractivity contribution < 1.29 is 9.59 Å². The van der Waals surface area contributed by atoms with E-state index in [4.69, 9.17) is 5.73 Å². The summed E-state index contributed by atoms with van der Waals surface area (Å²) in [5.41, 5.74) is 8.84. The summed E-state index contributed by atoms with van der Waals surface area (Å²) < 4.78 is 1.99. The van der Waals surface area contributed by atoms with Crippen molar-refractivity contribution in [3.8, 4) is 0 Å². The first-order valence-corrected chi connectivity index (χ1v) is 9.01. The zero-order chi connectivity index (χ0) is 18.7. The van der Waals surface area contributed by atoms with E-state index in [2.05, 4.69) is 10.2 Å². The Labute approximate surface area is 154 Å². The van der Waals surface area contributed by atoms with Crippen LogP contribution in [0.15, 0.2) is 36.4 Å². The van der Waals surface area contributed by atoms with Crippen LogP contribution in [-0.4, -0.2) is 34.9 Å². The maximum Gasteiger partial charge on any atom is 0.267 e. The molecule has 0 saturated carbocycles. The molecule has 2 amide bonds. The highest BCUT2D eigenvalue weighted by molar-refractivity contribution is 5.93. The van der Waals surface area contributed by atoms with Gasteiger partial charge in [0, 0.05) is 31.9 Å². The molecule has 138 valence electrons. The normalized spacial score (nSPS) is 17.8. The van der Waals surface area contributed by atoms with Crippen molar-refractivity contribution in [2.24, 2.45) is 12.8 Å². The lowest BCUT2D eigenvalue weighted by Crippen LogP contribution is -2.34. The Morgan fingerprint density at radius 3 is 2.77 bits per heavy atom. The number of aromatic nitrogens is 1. The SMILES string of the molecule is CNC(=O)c1ccc([C@H]2CCCCN2Cc2cccc(C(N)=O)c2)n1C. The lowest BCUT2D eigenvalue weighted by atomic mass is 9.98. The van der Waals surface area contributed by atoms with Gasteiger partial charge in [-0.3, -0.25) is 14.5 Å². The minimum absolute atomic E-state index is 0.0738. The quantitative estimate of drug-likeness (QED) is 0.864. The lowest BCUT2D eigenvalue weighted by Gasteiger charge is -2.36. The first-order chi connectivity index (χ1) is 12.5. The van der Waals surface area contributed by atoms with Gasteiger partial charge in [0.25, 0.3) is 5.91 Å². The van der Waals surface area contributed by atoms with Crippen LogP contribution in [0.4, 0.5) is 0 Å². The van der Waals surface area contributed by atoms with Gasteiger partial charge in [-0.2, -0.15) is 0 Å². The van der Waals surface area contributed by atoms with Crippen molar-refractivity contribution in [3.63, 3.8) is 0 Å². The van der Waals surface area contributed by atoms with E-state index in [1.165, 1.54) is 6.42 Å². The third-order valence-corrected chi connectivity index (χ3v) is 5.17. The summed E-state index contributed by atoms with van der Waals surface area (Å²) in [7, 11) is 3.59. The first kappa shape index (κ1) is 18.2. The highest BCUT2D eigenvalue weighted by Crippen LogP contribution is 2.33. The summed E-state index contributed by atoms with van der Waals surface area (Å²) >= 11 is 0. The molecule has 0 bridgehead atoms. The molecule has 1 atom stereocenters. The Kier molecular flexibility index (Phi) is 5.42. The summed E-state index contributed by atoms with van der Waals surface area (Å²) in [5.74, 6) is -0.477. The van der Waals surface area contributed by atoms with E-state index >= 15 is 0 Å². The molecule has 1 aromatic carbocycles. The van der Waals surface area contributed by atoms with Crippen LogP contribution in [0, 0.1) is 0 Å². The van der Waals surface area contributed by atoms with Gasteiger partial charge in [-0.15, -0.1) is 0 Å². The summed E-state index contributed by atoms with van der Waals surface area (Å²) in [4.78, 5) is 25.9. The van der Waals surface area contributed by atoms with Crippen LogP contribution in [0.5, 0.6) is 0 Å². The maximum atomic E-state index is 12.0. The zero-order valence-electron chi connectivity index (χ0n) is 15.4. The molecule has 0 unspecified atom stereocenters. The molecule has 0 spiro atoms. The summed E-state index contributed by atoms with van der Waals surface area (Å²) in [6.45, 7) is 1.75. The van der Waals surface area contributed by atoms with Gasteiger partial charge in [0.2, 0.25) is 5.91 Å². The van der Waals surface area contributed by atoms with E-state index in [1.54, 1.807) is 13.1 Å². The number of amides is 2. The number of benzene rings is 1. The number of carbonyl (C=O) groups excluding carboxylic acids is 2. The van der Waals surface area contributed by atoms with Crippen molar-refractivity contribution in [1.29, 1.82) is 0 Å². The highest BCUT2D eigenvalue weighted by atomic mass is 16.2. The predicted molar refractivity (Wildman–Crippen MR) is 101 cm³/mol. The number of piperidine rings is 1. The molecular weight excluding hydrogens is 328 g/mol. The maximum absolute atomic E-state index is 12.0. The van der Waals surface area contributed by atoms with E-state index < -0.39 is 5.91 Å². The minimum Gasteiger partial charge on any atom is -0.366 e. The second kappa shape index (κ2) is 7.74. The molecule has 6 heteroatoms. The molecule has 2 aromatic rings. The van der Waals surface area contributed by atoms with E-state index in [1.807, 2.05) is 41.9 Å². The Morgan fingerprint density at radius 2 is 2.04 bits per heavy atom. The van der Waals surface area contributed by atoms with Crippen molar-refractivity contribution in [1.82, 2.24) is 14.8 Å². The van der Waals surface area contributed by atoms with E-state index in [-0.39, 0.29) is 11.9 Å². The molecule has 0 radical (unpaired) electrons. The highest BCUT2D eigenvalue weighted by Gasteiger charge is 2.27. The number of nitrogens with one attached hydrogen (secondary N) is 1. The molecule has 1 aromatic heterocycles. The lowest BCUT2D eigenvalue weighted by molar-refractivity contribution is 0.0951. The number of nitrogens with two attached hydrogens (primary N) is 1. The van der Waals surface area contributed by atoms with Crippen LogP contribution in [0.25, 0.3) is 0 Å². The van der Waals surface area contributed by atoms with E-state index in [9.17, 15) is 9.59 Å². The van der Waals surface area contributed by atoms with Crippen LogP contribution in [0.1, 0.15) is 57.4 Å². The molecule has 1 fully saturated rings. The van der Waals surface area contributed by atoms with Crippen molar-refractivity contribution in [3.05, 3.63) is 58.9 Å². The van der Waals surface area contributed by atoms with E-state index in [0.717, 1.165) is 37.2 Å². The smallest absolute Gasteiger partial charge is 0.267 e. The van der Waals surface area contributed by atoms with Crippen molar-refractivity contribution >= 4 is 11.8 Å². The first-order valence-electron chi connectivity index (χ1n) is 9.01. The fraction of sp³-hybridized carbons (Fsp3) is 0.400. The topological polar surface area (TPSA) is 80.4 Å². The number of hydrogen-bond donors (Lipinski definition) is 2. The average molecular weight is 354 g/mol. The predicted octanol–water partition coefficient (Wildman–Crippen LogP) is 2.21. The van der Waals surface area contributed by atoms with Gasteiger partial charge in [0.1, 0.15) is 5.69 Å². The van der Waals surface area contributed by atoms with Gasteiger partial charge < -0.3 is 15.6 Å². The monoisotopic (exact) mass is 354 g/mol. The summed E-state index contributed by atoms with van der Waals surface area (Å²) in [6, 6.07) is 11.7. The molecule has 6 nitrogen and oxygen atoms in total. The second-order valence-electron chi connectivity index (χ2n) is 6.83. The zero-order valence-corrected chi connectivity index (χ0v) is 15.4. The fourth-order valence-electron chi connectivity index (χ4n) is 3.79. The molecule has 0 aliphatic carbocycles. The van der Waals surface area contributed by atoms with Gasteiger partial charge in [0.05, 0.1) is 6.04 Å². The number of rotatable bonds is 5. The Morgan fingerprint density at radius 1 is 1.23 bits per heavy atom. The van der Waals surface area contributed by atoms with Crippen LogP contribution in [0.2, 0.25) is 0 Å². The van der Waals surface area contributed by atoms with Crippen LogP contribution >= 0.6 is 0 Å². The number of primary amides is 1. The molecule has 26 heavy (non-hydrogen) atoms. The van der Waals surface area contributed by atoms with E-state index in [0.29, 0.717) is 11.3 Å². The van der Waals surface area contributed by atoms with Crippen molar-refractivity contribution in [2.75, 3.05) is 13.6 Å². The van der Waals surface area contributed by atoms with Gasteiger partial charge in [-0.05, 0) is 49.2 Å². The number of carbonyl (C=O) groups is 2. The molecule has 1 aliphatic rings. The Bertz CT molecular complexity index is 812. The van der Waals surface area contributed by atoms with Gasteiger partial charge in [0.15, 0.2) is 0 Å². The van der Waals surface area contributed by atoms with Gasteiger partial charge >= 0.3 is 0 Å². The minimum atomic E-state index is -0.403. The standard InChI is InChI=1S/C20H26N4O2/c1-22-20(26)18-10-9-16(23(18)2)17-8-3-4-11-24(17)13-14-6-5-7-15(12-14)19(21)25/h5-7,9-10,12,17H,3-4,8,11,13H2,1-2H3,(H2,21,25)(H,22,26)/t17-/m1/s1. The van der Waals surface area contributed by atoms with Gasteiger partial charge in [-0.25, -0.2) is 0 Å². The van der Waals surface area contributed by atoms with Crippen molar-refractivity contribution in [2.45, 2.75) is 31.8 Å². The number of nitrogens with zero attached hydrogens (tertiary/aromatic N) is 2. The average Bonchev–Trinajstić information content (AvgIpc) is 3.03.